The molecular weight excluding hydrogens is 161 g/mol. The van der Waals surface area contributed by atoms with Crippen LogP contribution in [0.3, 0.4) is 0 Å². The van der Waals surface area contributed by atoms with Crippen LogP contribution in [0.25, 0.3) is 0 Å². The number of primary amides is 1. The molecule has 0 fully saturated rings. The maximum atomic E-state index is 12.3. The SMILES string of the molecule is NC(=O)NCc1ccc(F)cn1. The van der Waals surface area contributed by atoms with Crippen LogP contribution in [0.5, 0.6) is 0 Å². The second-order valence-corrected chi connectivity index (χ2v) is 2.19. The molecule has 0 radical (unpaired) electrons. The van der Waals surface area contributed by atoms with Crippen molar-refractivity contribution >= 4 is 6.03 Å². The average Bonchev–Trinajstić information content (AvgIpc) is 2.03. The number of hydrogen-bond acceptors (Lipinski definition) is 2. The number of rotatable bonds is 2. The fraction of sp³-hybridized carbons (Fsp3) is 0.143. The van der Waals surface area contributed by atoms with Gasteiger partial charge in [0.25, 0.3) is 0 Å². The van der Waals surface area contributed by atoms with E-state index in [-0.39, 0.29) is 6.54 Å². The standard InChI is InChI=1S/C7H8FN3O/c8-5-1-2-6(10-3-5)4-11-7(9)12/h1-3H,4H2,(H3,9,11,12). The van der Waals surface area contributed by atoms with Gasteiger partial charge in [-0.2, -0.15) is 0 Å². The number of carbonyl (C=O) groups is 1. The smallest absolute Gasteiger partial charge is 0.312 e. The van der Waals surface area contributed by atoms with Crippen LogP contribution < -0.4 is 11.1 Å². The predicted molar refractivity (Wildman–Crippen MR) is 40.6 cm³/mol. The highest BCUT2D eigenvalue weighted by Crippen LogP contribution is 1.96. The Morgan fingerprint density at radius 1 is 1.67 bits per heavy atom. The van der Waals surface area contributed by atoms with E-state index >= 15 is 0 Å². The van der Waals surface area contributed by atoms with Crippen molar-refractivity contribution in [2.45, 2.75) is 6.54 Å². The quantitative estimate of drug-likeness (QED) is 0.672. The molecule has 12 heavy (non-hydrogen) atoms. The number of nitrogens with two attached hydrogens (primary N) is 1. The van der Waals surface area contributed by atoms with E-state index in [1.807, 2.05) is 0 Å². The van der Waals surface area contributed by atoms with Crippen molar-refractivity contribution in [3.63, 3.8) is 0 Å². The number of urea groups is 1. The number of halogens is 1. The van der Waals surface area contributed by atoms with Gasteiger partial charge in [0.05, 0.1) is 18.4 Å². The number of amides is 2. The Morgan fingerprint density at radius 2 is 2.42 bits per heavy atom. The van der Waals surface area contributed by atoms with Gasteiger partial charge in [0.15, 0.2) is 0 Å². The van der Waals surface area contributed by atoms with Crippen LogP contribution in [0.1, 0.15) is 5.69 Å². The maximum absolute atomic E-state index is 12.3. The normalized spacial score (nSPS) is 9.42. The van der Waals surface area contributed by atoms with E-state index in [1.165, 1.54) is 12.1 Å². The molecule has 0 aliphatic rings. The highest BCUT2D eigenvalue weighted by atomic mass is 19.1. The largest absolute Gasteiger partial charge is 0.352 e. The van der Waals surface area contributed by atoms with Crippen molar-refractivity contribution in [1.29, 1.82) is 0 Å². The molecule has 1 aromatic heterocycles. The fourth-order valence-electron chi connectivity index (χ4n) is 0.689. The molecule has 0 atom stereocenters. The Kier molecular flexibility index (Phi) is 2.57. The lowest BCUT2D eigenvalue weighted by molar-refractivity contribution is 0.248. The fourth-order valence-corrected chi connectivity index (χ4v) is 0.689. The molecular formula is C7H8FN3O. The molecule has 64 valence electrons. The van der Waals surface area contributed by atoms with E-state index < -0.39 is 11.8 Å². The van der Waals surface area contributed by atoms with Gasteiger partial charge in [0, 0.05) is 0 Å². The first-order valence-corrected chi connectivity index (χ1v) is 3.32. The number of pyridine rings is 1. The zero-order valence-corrected chi connectivity index (χ0v) is 6.25. The van der Waals surface area contributed by atoms with Gasteiger partial charge in [-0.3, -0.25) is 4.98 Å². The lowest BCUT2D eigenvalue weighted by Crippen LogP contribution is -2.28. The van der Waals surface area contributed by atoms with Gasteiger partial charge >= 0.3 is 6.03 Å². The third-order valence-corrected chi connectivity index (χ3v) is 1.23. The monoisotopic (exact) mass is 169 g/mol. The van der Waals surface area contributed by atoms with E-state index in [4.69, 9.17) is 5.73 Å². The van der Waals surface area contributed by atoms with E-state index in [2.05, 4.69) is 10.3 Å². The Balaban J connectivity index is 2.53. The zero-order valence-electron chi connectivity index (χ0n) is 6.25. The summed E-state index contributed by atoms with van der Waals surface area (Å²) in [5.74, 6) is -0.405. The Hall–Kier alpha value is -1.65. The molecule has 0 unspecified atom stereocenters. The molecule has 0 spiro atoms. The average molecular weight is 169 g/mol. The van der Waals surface area contributed by atoms with Crippen LogP contribution in [0.2, 0.25) is 0 Å². The van der Waals surface area contributed by atoms with Crippen LogP contribution >= 0.6 is 0 Å². The second-order valence-electron chi connectivity index (χ2n) is 2.19. The summed E-state index contributed by atoms with van der Waals surface area (Å²) in [6, 6.07) is 2.12. The molecule has 0 saturated heterocycles. The number of aromatic nitrogens is 1. The van der Waals surface area contributed by atoms with Crippen molar-refractivity contribution in [1.82, 2.24) is 10.3 Å². The highest BCUT2D eigenvalue weighted by molar-refractivity contribution is 5.71. The third-order valence-electron chi connectivity index (χ3n) is 1.23. The van der Waals surface area contributed by atoms with Gasteiger partial charge in [-0.1, -0.05) is 0 Å². The van der Waals surface area contributed by atoms with Crippen molar-refractivity contribution in [3.05, 3.63) is 29.8 Å². The van der Waals surface area contributed by atoms with Crippen LogP contribution in [-0.2, 0) is 6.54 Å². The molecule has 1 aromatic rings. The highest BCUT2D eigenvalue weighted by Gasteiger charge is 1.96. The molecule has 0 aliphatic carbocycles. The summed E-state index contributed by atoms with van der Waals surface area (Å²) in [6.45, 7) is 0.218. The summed E-state index contributed by atoms with van der Waals surface area (Å²) in [4.78, 5) is 14.0. The minimum Gasteiger partial charge on any atom is -0.352 e. The molecule has 1 rings (SSSR count). The maximum Gasteiger partial charge on any atom is 0.312 e. The Bertz CT molecular complexity index is 272. The lowest BCUT2D eigenvalue weighted by atomic mass is 10.3. The van der Waals surface area contributed by atoms with Gasteiger partial charge < -0.3 is 11.1 Å². The van der Waals surface area contributed by atoms with Crippen LogP contribution in [0.4, 0.5) is 9.18 Å². The molecule has 3 N–H and O–H groups in total. The third kappa shape index (κ3) is 2.53. The minimum atomic E-state index is -0.624. The van der Waals surface area contributed by atoms with Crippen molar-refractivity contribution < 1.29 is 9.18 Å². The number of hydrogen-bond donors (Lipinski definition) is 2. The number of carbonyl (C=O) groups excluding carboxylic acids is 1. The van der Waals surface area contributed by atoms with Crippen molar-refractivity contribution in [2.24, 2.45) is 5.73 Å². The van der Waals surface area contributed by atoms with Gasteiger partial charge in [-0.25, -0.2) is 9.18 Å². The van der Waals surface area contributed by atoms with Crippen LogP contribution in [-0.4, -0.2) is 11.0 Å². The van der Waals surface area contributed by atoms with E-state index in [0.29, 0.717) is 5.69 Å². The molecule has 4 nitrogen and oxygen atoms in total. The molecule has 0 saturated carbocycles. The summed E-state index contributed by atoms with van der Waals surface area (Å²) < 4.78 is 12.3. The summed E-state index contributed by atoms with van der Waals surface area (Å²) in [7, 11) is 0. The first-order chi connectivity index (χ1) is 5.68. The molecule has 0 bridgehead atoms. The van der Waals surface area contributed by atoms with E-state index in [9.17, 15) is 9.18 Å². The molecule has 0 aromatic carbocycles. The van der Waals surface area contributed by atoms with Gasteiger partial charge in [0.1, 0.15) is 5.82 Å². The summed E-state index contributed by atoms with van der Waals surface area (Å²) in [5.41, 5.74) is 5.38. The lowest BCUT2D eigenvalue weighted by Gasteiger charge is -1.99. The van der Waals surface area contributed by atoms with Crippen LogP contribution in [0.15, 0.2) is 18.3 Å². The Morgan fingerprint density at radius 3 is 2.92 bits per heavy atom. The summed E-state index contributed by atoms with van der Waals surface area (Å²) >= 11 is 0. The first kappa shape index (κ1) is 8.45. The predicted octanol–water partition coefficient (Wildman–Crippen LogP) is 0.389. The molecule has 0 aliphatic heterocycles. The number of nitrogens with zero attached hydrogens (tertiary/aromatic N) is 1. The summed E-state index contributed by atoms with van der Waals surface area (Å²) in [6.07, 6.45) is 1.08. The van der Waals surface area contributed by atoms with Crippen molar-refractivity contribution in [3.8, 4) is 0 Å². The zero-order chi connectivity index (χ0) is 8.97. The van der Waals surface area contributed by atoms with E-state index in [0.717, 1.165) is 6.20 Å². The van der Waals surface area contributed by atoms with Gasteiger partial charge in [0.2, 0.25) is 0 Å². The molecule has 5 heteroatoms. The first-order valence-electron chi connectivity index (χ1n) is 3.32. The van der Waals surface area contributed by atoms with Crippen LogP contribution in [0, 0.1) is 5.82 Å². The Labute approximate surface area is 68.6 Å². The van der Waals surface area contributed by atoms with Gasteiger partial charge in [-0.05, 0) is 12.1 Å². The van der Waals surface area contributed by atoms with Crippen molar-refractivity contribution in [2.75, 3.05) is 0 Å². The summed E-state index contributed by atoms with van der Waals surface area (Å²) in [5, 5.41) is 2.34. The minimum absolute atomic E-state index is 0.218. The van der Waals surface area contributed by atoms with Gasteiger partial charge in [-0.15, -0.1) is 0 Å². The molecule has 1 heterocycles. The topological polar surface area (TPSA) is 68.0 Å². The number of nitrogens with one attached hydrogen (secondary N) is 1. The van der Waals surface area contributed by atoms with E-state index in [1.54, 1.807) is 0 Å². The second kappa shape index (κ2) is 3.66. The molecule has 2 amide bonds.